The molecule has 1 heterocycles. The number of carbonyl (C=O) groups excluding carboxylic acids is 2. The summed E-state index contributed by atoms with van der Waals surface area (Å²) < 4.78 is 46.4. The minimum atomic E-state index is -3.02. The summed E-state index contributed by atoms with van der Waals surface area (Å²) >= 11 is 0. The molecule has 2 aliphatic rings. The number of esters is 2. The Balaban J connectivity index is 1.80. The molecule has 9 heteroatoms. The lowest BCUT2D eigenvalue weighted by molar-refractivity contribution is -0.148. The molecule has 180 valence electrons. The van der Waals surface area contributed by atoms with Gasteiger partial charge in [-0.3, -0.25) is 9.79 Å². The summed E-state index contributed by atoms with van der Waals surface area (Å²) in [5, 5.41) is 0. The van der Waals surface area contributed by atoms with Gasteiger partial charge < -0.3 is 18.9 Å². The molecular weight excluding hydrogens is 448 g/mol. The van der Waals surface area contributed by atoms with Crippen LogP contribution < -0.4 is 9.47 Å². The van der Waals surface area contributed by atoms with Crippen molar-refractivity contribution in [3.63, 3.8) is 0 Å². The van der Waals surface area contributed by atoms with Crippen LogP contribution in [0.2, 0.25) is 0 Å². The second kappa shape index (κ2) is 9.79. The van der Waals surface area contributed by atoms with Crippen molar-refractivity contribution in [2.45, 2.75) is 50.9 Å². The molecule has 1 saturated carbocycles. The van der Waals surface area contributed by atoms with E-state index >= 15 is 0 Å². The summed E-state index contributed by atoms with van der Waals surface area (Å²) in [7, 11) is 2.70. The van der Waals surface area contributed by atoms with E-state index in [9.17, 15) is 18.4 Å². The van der Waals surface area contributed by atoms with Crippen molar-refractivity contribution in [3.05, 3.63) is 58.7 Å². The molecule has 0 spiro atoms. The number of ether oxygens (including phenoxy) is 4. The number of alkyl halides is 2. The van der Waals surface area contributed by atoms with Crippen molar-refractivity contribution in [2.24, 2.45) is 4.99 Å². The highest BCUT2D eigenvalue weighted by Gasteiger charge is 2.39. The number of hydrogen-bond acceptors (Lipinski definition) is 7. The second-order valence-electron chi connectivity index (χ2n) is 8.23. The average molecular weight is 473 g/mol. The average Bonchev–Trinajstić information content (AvgIpc) is 2.82. The number of carbonyl (C=O) groups is 2. The van der Waals surface area contributed by atoms with E-state index in [4.69, 9.17) is 23.9 Å². The molecule has 0 N–H and O–H groups in total. The molecule has 0 amide bonds. The third kappa shape index (κ3) is 4.73. The Labute approximate surface area is 195 Å². The van der Waals surface area contributed by atoms with Crippen LogP contribution >= 0.6 is 0 Å². The lowest BCUT2D eigenvalue weighted by Crippen LogP contribution is -2.36. The highest BCUT2D eigenvalue weighted by molar-refractivity contribution is 6.15. The summed E-state index contributed by atoms with van der Waals surface area (Å²) in [5.74, 6) is -0.789. The molecule has 1 aliphatic carbocycles. The van der Waals surface area contributed by atoms with Crippen LogP contribution in [-0.2, 0) is 14.3 Å². The lowest BCUT2D eigenvalue weighted by atomic mass is 9.74. The normalized spacial score (nSPS) is 21.1. The molecule has 4 rings (SSSR count). The molecule has 1 fully saturated rings. The first-order chi connectivity index (χ1) is 16.3. The molecule has 1 aliphatic heterocycles. The molecule has 2 aromatic carbocycles. The maximum atomic E-state index is 13.1. The molecule has 3 unspecified atom stereocenters. The van der Waals surface area contributed by atoms with E-state index in [-0.39, 0.29) is 35.5 Å². The van der Waals surface area contributed by atoms with E-state index < -0.39 is 12.6 Å². The maximum Gasteiger partial charge on any atom is 0.387 e. The van der Waals surface area contributed by atoms with Gasteiger partial charge in [0.1, 0.15) is 6.10 Å². The van der Waals surface area contributed by atoms with Crippen LogP contribution in [0.25, 0.3) is 0 Å². The van der Waals surface area contributed by atoms with Crippen LogP contribution in [0.5, 0.6) is 11.5 Å². The van der Waals surface area contributed by atoms with E-state index in [0.29, 0.717) is 36.1 Å². The van der Waals surface area contributed by atoms with Gasteiger partial charge in [0.05, 0.1) is 31.5 Å². The Kier molecular flexibility index (Phi) is 6.81. The van der Waals surface area contributed by atoms with Gasteiger partial charge in [0, 0.05) is 24.0 Å². The fourth-order valence-electron chi connectivity index (χ4n) is 4.73. The Hall–Kier alpha value is -3.49. The van der Waals surface area contributed by atoms with E-state index in [2.05, 4.69) is 0 Å². The van der Waals surface area contributed by atoms with E-state index in [1.165, 1.54) is 27.2 Å². The van der Waals surface area contributed by atoms with Crippen LogP contribution in [0.1, 0.15) is 59.2 Å². The largest absolute Gasteiger partial charge is 0.493 e. The summed E-state index contributed by atoms with van der Waals surface area (Å²) in [5.41, 5.74) is 3.22. The van der Waals surface area contributed by atoms with E-state index in [0.717, 1.165) is 11.1 Å². The number of fused-ring (bicyclic) bond motifs is 3. The molecule has 7 nitrogen and oxygen atoms in total. The van der Waals surface area contributed by atoms with Crippen LogP contribution in [0.15, 0.2) is 41.4 Å². The zero-order valence-electron chi connectivity index (χ0n) is 19.0. The zero-order valence-corrected chi connectivity index (χ0v) is 19.0. The van der Waals surface area contributed by atoms with E-state index in [1.807, 2.05) is 0 Å². The molecule has 0 aromatic heterocycles. The van der Waals surface area contributed by atoms with E-state index in [1.54, 1.807) is 30.3 Å². The Morgan fingerprint density at radius 2 is 1.79 bits per heavy atom. The Morgan fingerprint density at radius 1 is 1.06 bits per heavy atom. The summed E-state index contributed by atoms with van der Waals surface area (Å²) in [6.07, 6.45) is 1.69. The summed E-state index contributed by atoms with van der Waals surface area (Å²) in [4.78, 5) is 28.3. The third-order valence-corrected chi connectivity index (χ3v) is 6.18. The highest BCUT2D eigenvalue weighted by atomic mass is 19.3. The van der Waals surface area contributed by atoms with Gasteiger partial charge in [-0.15, -0.1) is 0 Å². The number of rotatable bonds is 6. The fourth-order valence-corrected chi connectivity index (χ4v) is 4.73. The number of aliphatic imine (C=N–C) groups is 1. The highest BCUT2D eigenvalue weighted by Crippen LogP contribution is 2.45. The number of hydrogen-bond donors (Lipinski definition) is 0. The molecule has 0 saturated heterocycles. The Morgan fingerprint density at radius 3 is 2.41 bits per heavy atom. The molecule has 0 bridgehead atoms. The van der Waals surface area contributed by atoms with Crippen molar-refractivity contribution in [2.75, 3.05) is 14.2 Å². The van der Waals surface area contributed by atoms with Gasteiger partial charge in [0.15, 0.2) is 11.5 Å². The molecule has 2 aromatic rings. The van der Waals surface area contributed by atoms with Crippen molar-refractivity contribution in [1.82, 2.24) is 0 Å². The first-order valence-corrected chi connectivity index (χ1v) is 10.9. The van der Waals surface area contributed by atoms with Crippen molar-refractivity contribution >= 4 is 17.7 Å². The molecule has 3 atom stereocenters. The van der Waals surface area contributed by atoms with Crippen LogP contribution in [0.3, 0.4) is 0 Å². The van der Waals surface area contributed by atoms with Gasteiger partial charge in [0.2, 0.25) is 0 Å². The van der Waals surface area contributed by atoms with Gasteiger partial charge in [-0.2, -0.15) is 8.78 Å². The summed E-state index contributed by atoms with van der Waals surface area (Å²) in [6, 6.07) is 9.90. The molecular formula is C25H25F2NO6. The third-order valence-electron chi connectivity index (χ3n) is 6.18. The SMILES string of the molecule is COC(=O)c1ccc(C2=NC3CCC(OC(C)=O)CC3c3cc(OC)c(OC(F)F)cc32)cc1. The molecule has 34 heavy (non-hydrogen) atoms. The Bertz CT molecular complexity index is 1120. The minimum Gasteiger partial charge on any atom is -0.493 e. The predicted octanol–water partition coefficient (Wildman–Crippen LogP) is 4.50. The predicted molar refractivity (Wildman–Crippen MR) is 119 cm³/mol. The van der Waals surface area contributed by atoms with Gasteiger partial charge >= 0.3 is 18.6 Å². The fraction of sp³-hybridized carbons (Fsp3) is 0.400. The van der Waals surface area contributed by atoms with Crippen LogP contribution in [0, 0.1) is 0 Å². The zero-order chi connectivity index (χ0) is 24.4. The molecule has 0 radical (unpaired) electrons. The summed E-state index contributed by atoms with van der Waals surface area (Å²) in [6.45, 7) is -1.64. The number of halogens is 2. The van der Waals surface area contributed by atoms with Gasteiger partial charge in [-0.1, -0.05) is 12.1 Å². The second-order valence-corrected chi connectivity index (χ2v) is 8.23. The lowest BCUT2D eigenvalue weighted by Gasteiger charge is -2.38. The smallest absolute Gasteiger partial charge is 0.387 e. The number of methoxy groups -OCH3 is 2. The monoisotopic (exact) mass is 473 g/mol. The topological polar surface area (TPSA) is 83.4 Å². The maximum absolute atomic E-state index is 13.1. The van der Waals surface area contributed by atoms with Crippen molar-refractivity contribution in [1.29, 1.82) is 0 Å². The van der Waals surface area contributed by atoms with Crippen LogP contribution in [-0.4, -0.2) is 50.6 Å². The number of nitrogens with zero attached hydrogens (tertiary/aromatic N) is 1. The minimum absolute atomic E-state index is 0.0823. The van der Waals surface area contributed by atoms with Gasteiger partial charge in [0.25, 0.3) is 0 Å². The van der Waals surface area contributed by atoms with Crippen molar-refractivity contribution in [3.8, 4) is 11.5 Å². The van der Waals surface area contributed by atoms with Crippen LogP contribution in [0.4, 0.5) is 8.78 Å². The van der Waals surface area contributed by atoms with Gasteiger partial charge in [-0.05, 0) is 49.1 Å². The standard InChI is InChI=1S/C25H25F2NO6/c1-13(29)33-16-8-9-20-18(10-16)17-11-21(31-2)22(34-25(26)27)12-19(17)23(28-20)14-4-6-15(7-5-14)24(30)32-3/h4-7,11-12,16,18,20,25H,8-10H2,1-3H3. The van der Waals surface area contributed by atoms with Gasteiger partial charge in [-0.25, -0.2) is 4.79 Å². The first kappa shape index (κ1) is 23.7. The quantitative estimate of drug-likeness (QED) is 0.575. The number of benzene rings is 2. The first-order valence-electron chi connectivity index (χ1n) is 10.9. The van der Waals surface area contributed by atoms with Crippen molar-refractivity contribution < 1.29 is 37.3 Å².